The predicted molar refractivity (Wildman–Crippen MR) is 87.0 cm³/mol. The molecule has 8 nitrogen and oxygen atoms in total. The Morgan fingerprint density at radius 3 is 2.29 bits per heavy atom. The number of hydrogen-bond donors (Lipinski definition) is 3. The SMILES string of the molecule is C[C@H](OC(=O)[C@H](NS(=O)(=O)c1ccc(Cl)c(Cl)c1)[C@H](C)O)C(N)=O. The Hall–Kier alpha value is -1.39. The number of benzene rings is 1. The molecule has 1 aromatic rings. The molecule has 24 heavy (non-hydrogen) atoms. The summed E-state index contributed by atoms with van der Waals surface area (Å²) < 4.78 is 31.3. The lowest BCUT2D eigenvalue weighted by Crippen LogP contribution is -2.49. The smallest absolute Gasteiger partial charge is 0.327 e. The summed E-state index contributed by atoms with van der Waals surface area (Å²) in [5.41, 5.74) is 4.97. The molecule has 134 valence electrons. The molecule has 0 saturated carbocycles. The zero-order valence-corrected chi connectivity index (χ0v) is 15.0. The number of aliphatic hydroxyl groups excluding tert-OH is 1. The molecule has 1 amide bonds. The van der Waals surface area contributed by atoms with Crippen molar-refractivity contribution in [2.24, 2.45) is 5.73 Å². The number of nitrogens with two attached hydrogens (primary N) is 1. The van der Waals surface area contributed by atoms with Crippen LogP contribution < -0.4 is 10.5 Å². The summed E-state index contributed by atoms with van der Waals surface area (Å²) in [5, 5.41) is 9.80. The number of rotatable bonds is 7. The number of primary amides is 1. The minimum absolute atomic E-state index is 0.00179. The number of amides is 1. The van der Waals surface area contributed by atoms with Crippen molar-refractivity contribution in [3.8, 4) is 0 Å². The number of sulfonamides is 1. The van der Waals surface area contributed by atoms with Gasteiger partial charge >= 0.3 is 5.97 Å². The van der Waals surface area contributed by atoms with Gasteiger partial charge in [-0.3, -0.25) is 9.59 Å². The Balaban J connectivity index is 3.04. The molecule has 0 aromatic heterocycles. The van der Waals surface area contributed by atoms with E-state index in [0.29, 0.717) is 0 Å². The zero-order valence-electron chi connectivity index (χ0n) is 12.7. The largest absolute Gasteiger partial charge is 0.451 e. The van der Waals surface area contributed by atoms with Crippen LogP contribution in [0.4, 0.5) is 0 Å². The highest BCUT2D eigenvalue weighted by Gasteiger charge is 2.32. The van der Waals surface area contributed by atoms with Gasteiger partial charge in [0.15, 0.2) is 6.10 Å². The zero-order chi connectivity index (χ0) is 18.7. The first-order valence-corrected chi connectivity index (χ1v) is 8.85. The maximum absolute atomic E-state index is 12.3. The molecule has 3 atom stereocenters. The van der Waals surface area contributed by atoms with E-state index in [9.17, 15) is 23.1 Å². The Kier molecular flexibility index (Phi) is 6.99. The van der Waals surface area contributed by atoms with Crippen LogP contribution in [0.1, 0.15) is 13.8 Å². The average molecular weight is 399 g/mol. The molecule has 0 bridgehead atoms. The van der Waals surface area contributed by atoms with E-state index in [2.05, 4.69) is 0 Å². The van der Waals surface area contributed by atoms with Crippen LogP contribution in [0.3, 0.4) is 0 Å². The third kappa shape index (κ3) is 5.32. The fraction of sp³-hybridized carbons (Fsp3) is 0.385. The Labute approximate surface area is 148 Å². The number of hydrogen-bond acceptors (Lipinski definition) is 6. The summed E-state index contributed by atoms with van der Waals surface area (Å²) in [6, 6.07) is 1.88. The van der Waals surface area contributed by atoms with Gasteiger partial charge in [-0.15, -0.1) is 0 Å². The maximum atomic E-state index is 12.3. The molecule has 0 aliphatic rings. The highest BCUT2D eigenvalue weighted by Crippen LogP contribution is 2.25. The summed E-state index contributed by atoms with van der Waals surface area (Å²) in [4.78, 5) is 22.6. The molecule has 0 aliphatic carbocycles. The molecule has 1 aromatic carbocycles. The maximum Gasteiger partial charge on any atom is 0.327 e. The normalized spacial score (nSPS) is 15.4. The molecule has 0 heterocycles. The van der Waals surface area contributed by atoms with Gasteiger partial charge in [-0.2, -0.15) is 4.72 Å². The van der Waals surface area contributed by atoms with Gasteiger partial charge in [0.05, 0.1) is 21.0 Å². The number of esters is 1. The van der Waals surface area contributed by atoms with Gasteiger partial charge in [0.2, 0.25) is 10.0 Å². The number of ether oxygens (including phenoxy) is 1. The second kappa shape index (κ2) is 8.13. The first-order valence-electron chi connectivity index (χ1n) is 6.61. The topological polar surface area (TPSA) is 136 Å². The van der Waals surface area contributed by atoms with Gasteiger partial charge in [-0.05, 0) is 32.0 Å². The van der Waals surface area contributed by atoms with Crippen LogP contribution in [0, 0.1) is 0 Å². The molecular weight excluding hydrogens is 383 g/mol. The van der Waals surface area contributed by atoms with Gasteiger partial charge in [0, 0.05) is 0 Å². The molecule has 0 aliphatic heterocycles. The Bertz CT molecular complexity index is 738. The minimum Gasteiger partial charge on any atom is -0.451 e. The first kappa shape index (κ1) is 20.7. The standard InChI is InChI=1S/C13H16Cl2N2O6S/c1-6(18)11(13(20)23-7(2)12(16)19)17-24(21,22)8-3-4-9(14)10(15)5-8/h3-7,11,17-18H,1-2H3,(H2,16,19)/t6-,7-,11+/m0/s1. The molecular formula is C13H16Cl2N2O6S. The van der Waals surface area contributed by atoms with Crippen molar-refractivity contribution in [2.45, 2.75) is 37.0 Å². The summed E-state index contributed by atoms with van der Waals surface area (Å²) >= 11 is 11.5. The van der Waals surface area contributed by atoms with E-state index in [-0.39, 0.29) is 14.9 Å². The first-order chi connectivity index (χ1) is 11.0. The number of carbonyl (C=O) groups excluding carboxylic acids is 2. The lowest BCUT2D eigenvalue weighted by Gasteiger charge is -2.21. The molecule has 11 heteroatoms. The van der Waals surface area contributed by atoms with E-state index >= 15 is 0 Å². The van der Waals surface area contributed by atoms with Gasteiger partial charge in [0.25, 0.3) is 5.91 Å². The van der Waals surface area contributed by atoms with Crippen LogP contribution in [0.25, 0.3) is 0 Å². The minimum atomic E-state index is -4.21. The van der Waals surface area contributed by atoms with E-state index in [1.807, 2.05) is 4.72 Å². The number of nitrogens with one attached hydrogen (secondary N) is 1. The van der Waals surface area contributed by atoms with Crippen molar-refractivity contribution in [1.29, 1.82) is 0 Å². The van der Waals surface area contributed by atoms with Gasteiger partial charge in [-0.1, -0.05) is 23.2 Å². The summed E-state index contributed by atoms with van der Waals surface area (Å²) in [6.07, 6.45) is -2.72. The van der Waals surface area contributed by atoms with E-state index in [1.54, 1.807) is 0 Å². The van der Waals surface area contributed by atoms with Crippen LogP contribution in [-0.4, -0.2) is 43.7 Å². The van der Waals surface area contributed by atoms with Gasteiger partial charge in [0.1, 0.15) is 6.04 Å². The fourth-order valence-electron chi connectivity index (χ4n) is 1.53. The Morgan fingerprint density at radius 2 is 1.83 bits per heavy atom. The average Bonchev–Trinajstić information content (AvgIpc) is 2.46. The monoisotopic (exact) mass is 398 g/mol. The fourth-order valence-corrected chi connectivity index (χ4v) is 3.17. The Morgan fingerprint density at radius 1 is 1.25 bits per heavy atom. The quantitative estimate of drug-likeness (QED) is 0.570. The summed E-state index contributed by atoms with van der Waals surface area (Å²) in [7, 11) is -4.21. The van der Waals surface area contributed by atoms with Crippen LogP contribution in [0.15, 0.2) is 23.1 Å². The number of carbonyl (C=O) groups is 2. The lowest BCUT2D eigenvalue weighted by atomic mass is 10.2. The van der Waals surface area contributed by atoms with Crippen molar-refractivity contribution >= 4 is 45.1 Å². The van der Waals surface area contributed by atoms with Crippen molar-refractivity contribution in [2.75, 3.05) is 0 Å². The van der Waals surface area contributed by atoms with Crippen LogP contribution in [-0.2, 0) is 24.3 Å². The van der Waals surface area contributed by atoms with E-state index in [4.69, 9.17) is 33.7 Å². The van der Waals surface area contributed by atoms with Crippen molar-refractivity contribution < 1.29 is 27.9 Å². The molecule has 1 rings (SSSR count). The lowest BCUT2D eigenvalue weighted by molar-refractivity contribution is -0.157. The molecule has 0 radical (unpaired) electrons. The number of aliphatic hydroxyl groups is 1. The second-order valence-corrected chi connectivity index (χ2v) is 7.43. The third-order valence-electron chi connectivity index (χ3n) is 2.91. The van der Waals surface area contributed by atoms with Crippen LogP contribution in [0.2, 0.25) is 10.0 Å². The van der Waals surface area contributed by atoms with E-state index < -0.39 is 40.1 Å². The van der Waals surface area contributed by atoms with Crippen LogP contribution >= 0.6 is 23.2 Å². The highest BCUT2D eigenvalue weighted by molar-refractivity contribution is 7.89. The van der Waals surface area contributed by atoms with Gasteiger partial charge < -0.3 is 15.6 Å². The predicted octanol–water partition coefficient (Wildman–Crippen LogP) is 0.438. The molecule has 0 unspecified atom stereocenters. The number of halogens is 2. The van der Waals surface area contributed by atoms with Crippen molar-refractivity contribution in [1.82, 2.24) is 4.72 Å². The van der Waals surface area contributed by atoms with Crippen molar-refractivity contribution in [3.63, 3.8) is 0 Å². The van der Waals surface area contributed by atoms with Gasteiger partial charge in [-0.25, -0.2) is 8.42 Å². The molecule has 4 N–H and O–H groups in total. The molecule has 0 saturated heterocycles. The van der Waals surface area contributed by atoms with E-state index in [0.717, 1.165) is 6.07 Å². The second-order valence-electron chi connectivity index (χ2n) is 4.90. The molecule has 0 fully saturated rings. The van der Waals surface area contributed by atoms with E-state index in [1.165, 1.54) is 26.0 Å². The molecule has 0 spiro atoms. The summed E-state index contributed by atoms with van der Waals surface area (Å²) in [5.74, 6) is -2.07. The summed E-state index contributed by atoms with van der Waals surface area (Å²) in [6.45, 7) is 2.39. The highest BCUT2D eigenvalue weighted by atomic mass is 35.5. The van der Waals surface area contributed by atoms with Crippen molar-refractivity contribution in [3.05, 3.63) is 28.2 Å². The van der Waals surface area contributed by atoms with Crippen LogP contribution in [0.5, 0.6) is 0 Å². The third-order valence-corrected chi connectivity index (χ3v) is 5.09.